The minimum atomic E-state index is 0.583. The van der Waals surface area contributed by atoms with Gasteiger partial charge in [-0.3, -0.25) is 0 Å². The summed E-state index contributed by atoms with van der Waals surface area (Å²) >= 11 is 0. The summed E-state index contributed by atoms with van der Waals surface area (Å²) in [5, 5.41) is 13.3. The van der Waals surface area contributed by atoms with E-state index in [1.54, 1.807) is 22.8 Å². The van der Waals surface area contributed by atoms with E-state index in [-0.39, 0.29) is 0 Å². The summed E-state index contributed by atoms with van der Waals surface area (Å²) in [6, 6.07) is 13.6. The standard InChI is InChI=1S/C15H13N5/c1-19(2)13-5-3-12(4-6-13)15-17-14-9-11(10-16)7-8-20(14)18-15/h3-9H,1-2H3. The van der Waals surface area contributed by atoms with Crippen LogP contribution in [-0.4, -0.2) is 28.7 Å². The molecule has 0 bridgehead atoms. The molecule has 3 rings (SSSR count). The van der Waals surface area contributed by atoms with Crippen LogP contribution >= 0.6 is 0 Å². The highest BCUT2D eigenvalue weighted by atomic mass is 15.3. The number of hydrogen-bond acceptors (Lipinski definition) is 4. The lowest BCUT2D eigenvalue weighted by molar-refractivity contribution is 0.964. The van der Waals surface area contributed by atoms with Gasteiger partial charge in [0, 0.05) is 37.6 Å². The number of aromatic nitrogens is 3. The van der Waals surface area contributed by atoms with Crippen LogP contribution in [-0.2, 0) is 0 Å². The van der Waals surface area contributed by atoms with E-state index < -0.39 is 0 Å². The fraction of sp³-hybridized carbons (Fsp3) is 0.133. The highest BCUT2D eigenvalue weighted by molar-refractivity contribution is 5.62. The fourth-order valence-corrected chi connectivity index (χ4v) is 1.98. The van der Waals surface area contributed by atoms with Crippen molar-refractivity contribution in [1.82, 2.24) is 14.6 Å². The van der Waals surface area contributed by atoms with Crippen molar-refractivity contribution in [2.75, 3.05) is 19.0 Å². The number of benzene rings is 1. The molecule has 98 valence electrons. The van der Waals surface area contributed by atoms with Gasteiger partial charge in [-0.2, -0.15) is 5.26 Å². The summed E-state index contributed by atoms with van der Waals surface area (Å²) < 4.78 is 1.68. The smallest absolute Gasteiger partial charge is 0.182 e. The van der Waals surface area contributed by atoms with Crippen molar-refractivity contribution in [2.24, 2.45) is 0 Å². The average Bonchev–Trinajstić information content (AvgIpc) is 2.90. The van der Waals surface area contributed by atoms with Gasteiger partial charge in [-0.05, 0) is 30.3 Å². The zero-order chi connectivity index (χ0) is 14.1. The lowest BCUT2D eigenvalue weighted by Crippen LogP contribution is -2.07. The van der Waals surface area contributed by atoms with Crippen LogP contribution in [0.15, 0.2) is 42.6 Å². The van der Waals surface area contributed by atoms with Crippen LogP contribution in [0.5, 0.6) is 0 Å². The van der Waals surface area contributed by atoms with E-state index in [1.165, 1.54) is 0 Å². The van der Waals surface area contributed by atoms with Gasteiger partial charge in [0.05, 0.1) is 11.6 Å². The van der Waals surface area contributed by atoms with Crippen LogP contribution < -0.4 is 4.90 Å². The van der Waals surface area contributed by atoms with Crippen molar-refractivity contribution in [3.05, 3.63) is 48.2 Å². The van der Waals surface area contributed by atoms with Gasteiger partial charge in [0.15, 0.2) is 11.5 Å². The maximum atomic E-state index is 8.89. The summed E-state index contributed by atoms with van der Waals surface area (Å²) in [6.45, 7) is 0. The molecule has 0 aliphatic heterocycles. The highest BCUT2D eigenvalue weighted by Crippen LogP contribution is 2.20. The van der Waals surface area contributed by atoms with E-state index in [0.29, 0.717) is 17.0 Å². The number of hydrogen-bond donors (Lipinski definition) is 0. The van der Waals surface area contributed by atoms with E-state index in [1.807, 2.05) is 43.3 Å². The Balaban J connectivity index is 2.03. The minimum Gasteiger partial charge on any atom is -0.378 e. The molecule has 0 saturated carbocycles. The maximum Gasteiger partial charge on any atom is 0.182 e. The molecule has 0 spiro atoms. The van der Waals surface area contributed by atoms with E-state index in [9.17, 15) is 0 Å². The molecule has 3 aromatic rings. The van der Waals surface area contributed by atoms with Gasteiger partial charge in [0.25, 0.3) is 0 Å². The third-order valence-electron chi connectivity index (χ3n) is 3.11. The second-order valence-corrected chi connectivity index (χ2v) is 4.71. The first kappa shape index (κ1) is 12.2. The Morgan fingerprint density at radius 2 is 1.90 bits per heavy atom. The van der Waals surface area contributed by atoms with E-state index >= 15 is 0 Å². The molecule has 5 nitrogen and oxygen atoms in total. The Bertz CT molecular complexity index is 793. The topological polar surface area (TPSA) is 57.2 Å². The average molecular weight is 263 g/mol. The Labute approximate surface area is 116 Å². The van der Waals surface area contributed by atoms with E-state index in [4.69, 9.17) is 5.26 Å². The zero-order valence-corrected chi connectivity index (χ0v) is 11.3. The molecule has 5 heteroatoms. The summed E-state index contributed by atoms with van der Waals surface area (Å²) in [6.07, 6.45) is 1.75. The van der Waals surface area contributed by atoms with Crippen LogP contribution in [0.1, 0.15) is 5.56 Å². The zero-order valence-electron chi connectivity index (χ0n) is 11.3. The molecular weight excluding hydrogens is 250 g/mol. The molecule has 0 amide bonds. The number of fused-ring (bicyclic) bond motifs is 1. The van der Waals surface area contributed by atoms with Crippen LogP contribution in [0, 0.1) is 11.3 Å². The van der Waals surface area contributed by atoms with E-state index in [2.05, 4.69) is 16.2 Å². The lowest BCUT2D eigenvalue weighted by Gasteiger charge is -2.11. The van der Waals surface area contributed by atoms with Gasteiger partial charge < -0.3 is 4.90 Å². The van der Waals surface area contributed by atoms with Crippen LogP contribution in [0.3, 0.4) is 0 Å². The first-order valence-corrected chi connectivity index (χ1v) is 6.21. The molecule has 0 aliphatic carbocycles. The summed E-state index contributed by atoms with van der Waals surface area (Å²) in [4.78, 5) is 6.49. The monoisotopic (exact) mass is 263 g/mol. The minimum absolute atomic E-state index is 0.583. The van der Waals surface area contributed by atoms with Crippen molar-refractivity contribution in [1.29, 1.82) is 5.26 Å². The Kier molecular flexibility index (Phi) is 2.84. The lowest BCUT2D eigenvalue weighted by atomic mass is 10.2. The summed E-state index contributed by atoms with van der Waals surface area (Å²) in [5.74, 6) is 0.658. The molecule has 0 radical (unpaired) electrons. The van der Waals surface area contributed by atoms with Gasteiger partial charge in [0.1, 0.15) is 0 Å². The van der Waals surface area contributed by atoms with Crippen molar-refractivity contribution in [2.45, 2.75) is 0 Å². The quantitative estimate of drug-likeness (QED) is 0.712. The van der Waals surface area contributed by atoms with E-state index in [0.717, 1.165) is 11.3 Å². The molecule has 0 fully saturated rings. The number of nitrogens with zero attached hydrogens (tertiary/aromatic N) is 5. The second kappa shape index (κ2) is 4.67. The van der Waals surface area contributed by atoms with Crippen molar-refractivity contribution >= 4 is 11.3 Å². The Morgan fingerprint density at radius 3 is 2.55 bits per heavy atom. The van der Waals surface area contributed by atoms with Gasteiger partial charge in [-0.15, -0.1) is 5.10 Å². The molecule has 0 saturated heterocycles. The largest absolute Gasteiger partial charge is 0.378 e. The molecule has 2 heterocycles. The first-order valence-electron chi connectivity index (χ1n) is 6.21. The Morgan fingerprint density at radius 1 is 1.15 bits per heavy atom. The molecule has 0 atom stereocenters. The maximum absolute atomic E-state index is 8.89. The molecule has 0 aliphatic rings. The molecule has 20 heavy (non-hydrogen) atoms. The van der Waals surface area contributed by atoms with Gasteiger partial charge in [-0.1, -0.05) is 0 Å². The molecular formula is C15H13N5. The molecule has 1 aromatic carbocycles. The predicted molar refractivity (Wildman–Crippen MR) is 77.5 cm³/mol. The van der Waals surface area contributed by atoms with Crippen LogP contribution in [0.4, 0.5) is 5.69 Å². The number of rotatable bonds is 2. The summed E-state index contributed by atoms with van der Waals surface area (Å²) in [5.41, 5.74) is 3.34. The number of nitriles is 1. The fourth-order valence-electron chi connectivity index (χ4n) is 1.98. The predicted octanol–water partition coefficient (Wildman–Crippen LogP) is 2.33. The molecule has 2 aromatic heterocycles. The van der Waals surface area contributed by atoms with Gasteiger partial charge in [-0.25, -0.2) is 9.50 Å². The van der Waals surface area contributed by atoms with Crippen molar-refractivity contribution in [3.8, 4) is 17.5 Å². The first-order chi connectivity index (χ1) is 9.67. The number of anilines is 1. The molecule has 0 N–H and O–H groups in total. The SMILES string of the molecule is CN(C)c1ccc(-c2nc3cc(C#N)ccn3n2)cc1. The van der Waals surface area contributed by atoms with Gasteiger partial charge in [0.2, 0.25) is 0 Å². The highest BCUT2D eigenvalue weighted by Gasteiger charge is 2.07. The molecule has 0 unspecified atom stereocenters. The Hall–Kier alpha value is -2.87. The van der Waals surface area contributed by atoms with Gasteiger partial charge >= 0.3 is 0 Å². The third-order valence-corrected chi connectivity index (χ3v) is 3.11. The normalized spacial score (nSPS) is 10.4. The van der Waals surface area contributed by atoms with Crippen LogP contribution in [0.2, 0.25) is 0 Å². The third kappa shape index (κ3) is 2.08. The van der Waals surface area contributed by atoms with Crippen molar-refractivity contribution in [3.63, 3.8) is 0 Å². The van der Waals surface area contributed by atoms with Crippen LogP contribution in [0.25, 0.3) is 17.0 Å². The summed E-state index contributed by atoms with van der Waals surface area (Å²) in [7, 11) is 4.00. The second-order valence-electron chi connectivity index (χ2n) is 4.71. The number of pyridine rings is 1. The van der Waals surface area contributed by atoms with Crippen molar-refractivity contribution < 1.29 is 0 Å².